The summed E-state index contributed by atoms with van der Waals surface area (Å²) in [6, 6.07) is 15.4. The van der Waals surface area contributed by atoms with E-state index in [1.165, 1.54) is 11.3 Å². The van der Waals surface area contributed by atoms with Crippen molar-refractivity contribution >= 4 is 29.3 Å². The Bertz CT molecular complexity index is 1190. The molecule has 8 nitrogen and oxygen atoms in total. The lowest BCUT2D eigenvalue weighted by Gasteiger charge is -2.18. The van der Waals surface area contributed by atoms with Gasteiger partial charge in [0.15, 0.2) is 5.69 Å². The molecule has 0 saturated carbocycles. The van der Waals surface area contributed by atoms with Gasteiger partial charge >= 0.3 is 12.1 Å². The highest BCUT2D eigenvalue weighted by Gasteiger charge is 2.29. The van der Waals surface area contributed by atoms with E-state index >= 15 is 0 Å². The summed E-state index contributed by atoms with van der Waals surface area (Å²) in [5, 5.41) is 14.9. The highest BCUT2D eigenvalue weighted by atomic mass is 32.1. The fraction of sp³-hybridized carbons (Fsp3) is 0.280. The number of carboxylic acid groups (broad SMARTS) is 1. The number of thiazole rings is 1. The summed E-state index contributed by atoms with van der Waals surface area (Å²) in [5.74, 6) is -1.56. The molecule has 4 rings (SSSR count). The van der Waals surface area contributed by atoms with Crippen LogP contribution in [0.25, 0.3) is 11.1 Å². The van der Waals surface area contributed by atoms with E-state index in [1.807, 2.05) is 36.4 Å². The summed E-state index contributed by atoms with van der Waals surface area (Å²) in [5.41, 5.74) is 4.49. The molecule has 1 heterocycles. The van der Waals surface area contributed by atoms with Crippen molar-refractivity contribution in [3.63, 3.8) is 0 Å². The maximum Gasteiger partial charge on any atom is 0.407 e. The first-order chi connectivity index (χ1) is 16.4. The van der Waals surface area contributed by atoms with E-state index in [-0.39, 0.29) is 30.7 Å². The van der Waals surface area contributed by atoms with Crippen LogP contribution in [0.2, 0.25) is 0 Å². The van der Waals surface area contributed by atoms with Crippen LogP contribution in [0.15, 0.2) is 48.5 Å². The summed E-state index contributed by atoms with van der Waals surface area (Å²) in [4.78, 5) is 40.8. The van der Waals surface area contributed by atoms with Gasteiger partial charge in [-0.3, -0.25) is 4.79 Å². The topological polar surface area (TPSA) is 118 Å². The summed E-state index contributed by atoms with van der Waals surface area (Å²) in [6.07, 6.45) is -0.296. The monoisotopic (exact) mass is 479 g/mol. The van der Waals surface area contributed by atoms with Crippen molar-refractivity contribution in [3.05, 3.63) is 75.2 Å². The number of carbonyl (C=O) groups is 3. The quantitative estimate of drug-likeness (QED) is 0.448. The van der Waals surface area contributed by atoms with Crippen LogP contribution in [-0.4, -0.2) is 40.7 Å². The number of nitrogens with zero attached hydrogens (tertiary/aromatic N) is 1. The fourth-order valence-electron chi connectivity index (χ4n) is 4.15. The number of benzene rings is 2. The molecule has 176 valence electrons. The largest absolute Gasteiger partial charge is 0.476 e. The second-order valence-corrected chi connectivity index (χ2v) is 9.25. The van der Waals surface area contributed by atoms with E-state index in [9.17, 15) is 14.4 Å². The SMILES string of the molecule is CCC(NC(=O)OCC1c2ccccc2-c2ccccc21)C(=O)NCc1nc(C(=O)O)c(C)s1. The van der Waals surface area contributed by atoms with Crippen molar-refractivity contribution < 1.29 is 24.2 Å². The van der Waals surface area contributed by atoms with Crippen LogP contribution in [-0.2, 0) is 16.1 Å². The Kier molecular flexibility index (Phi) is 6.93. The lowest BCUT2D eigenvalue weighted by atomic mass is 9.98. The van der Waals surface area contributed by atoms with Gasteiger partial charge in [-0.15, -0.1) is 11.3 Å². The third-order valence-corrected chi connectivity index (χ3v) is 6.79. The molecule has 0 saturated heterocycles. The van der Waals surface area contributed by atoms with Gasteiger partial charge < -0.3 is 20.5 Å². The average Bonchev–Trinajstić information content (AvgIpc) is 3.37. The molecular weight excluding hydrogens is 454 g/mol. The molecule has 2 amide bonds. The molecule has 0 bridgehead atoms. The molecule has 1 aliphatic rings. The van der Waals surface area contributed by atoms with Crippen molar-refractivity contribution in [3.8, 4) is 11.1 Å². The van der Waals surface area contributed by atoms with Gasteiger partial charge in [-0.1, -0.05) is 55.5 Å². The van der Waals surface area contributed by atoms with Crippen LogP contribution in [0.3, 0.4) is 0 Å². The summed E-state index contributed by atoms with van der Waals surface area (Å²) in [6.45, 7) is 3.69. The van der Waals surface area contributed by atoms with Crippen LogP contribution in [0, 0.1) is 6.92 Å². The molecule has 1 atom stereocenters. The van der Waals surface area contributed by atoms with Gasteiger partial charge in [0.25, 0.3) is 0 Å². The highest BCUT2D eigenvalue weighted by molar-refractivity contribution is 7.11. The standard InChI is InChI=1S/C25H25N3O5S/c1-3-20(23(29)26-12-21-28-22(24(30)31)14(2)34-21)27-25(32)33-13-19-17-10-6-4-8-15(17)16-9-5-7-11-18(16)19/h4-11,19-20H,3,12-13H2,1-2H3,(H,26,29)(H,27,32)(H,30,31). The number of hydrogen-bond donors (Lipinski definition) is 3. The van der Waals surface area contributed by atoms with Gasteiger partial charge in [0.05, 0.1) is 6.54 Å². The Morgan fingerprint density at radius 3 is 2.26 bits per heavy atom. The number of carboxylic acids is 1. The van der Waals surface area contributed by atoms with Gasteiger partial charge in [-0.05, 0) is 35.6 Å². The number of amides is 2. The third kappa shape index (κ3) is 4.79. The zero-order valence-corrected chi connectivity index (χ0v) is 19.6. The number of alkyl carbamates (subject to hydrolysis) is 1. The average molecular weight is 480 g/mol. The van der Waals surface area contributed by atoms with E-state index in [0.717, 1.165) is 22.3 Å². The molecule has 0 radical (unpaired) electrons. The molecule has 3 aromatic rings. The van der Waals surface area contributed by atoms with E-state index in [2.05, 4.69) is 27.8 Å². The van der Waals surface area contributed by atoms with E-state index in [4.69, 9.17) is 9.84 Å². The Balaban J connectivity index is 1.33. The number of ether oxygens (including phenoxy) is 1. The van der Waals surface area contributed by atoms with Crippen LogP contribution in [0.1, 0.15) is 50.8 Å². The van der Waals surface area contributed by atoms with E-state index in [0.29, 0.717) is 16.3 Å². The van der Waals surface area contributed by atoms with E-state index < -0.39 is 18.1 Å². The van der Waals surface area contributed by atoms with Crippen LogP contribution in [0.5, 0.6) is 0 Å². The second-order valence-electron chi connectivity index (χ2n) is 7.97. The van der Waals surface area contributed by atoms with Crippen LogP contribution >= 0.6 is 11.3 Å². The van der Waals surface area contributed by atoms with Crippen molar-refractivity contribution in [1.29, 1.82) is 0 Å². The number of nitrogens with one attached hydrogen (secondary N) is 2. The van der Waals surface area contributed by atoms with Crippen LogP contribution in [0.4, 0.5) is 4.79 Å². The Morgan fingerprint density at radius 1 is 1.09 bits per heavy atom. The number of fused-ring (bicyclic) bond motifs is 3. The maximum absolute atomic E-state index is 12.6. The molecule has 1 aliphatic carbocycles. The number of aryl methyl sites for hydroxylation is 1. The summed E-state index contributed by atoms with van der Waals surface area (Å²) >= 11 is 1.21. The second kappa shape index (κ2) is 10.0. The van der Waals surface area contributed by atoms with Gasteiger partial charge in [-0.25, -0.2) is 14.6 Å². The Labute approximate surface area is 201 Å². The molecule has 3 N–H and O–H groups in total. The van der Waals surface area contributed by atoms with Crippen molar-refractivity contribution in [2.45, 2.75) is 38.8 Å². The van der Waals surface area contributed by atoms with Gasteiger partial charge in [0, 0.05) is 10.8 Å². The number of aromatic nitrogens is 1. The minimum absolute atomic E-state index is 0.0157. The Hall–Kier alpha value is -3.72. The molecule has 2 aromatic carbocycles. The summed E-state index contributed by atoms with van der Waals surface area (Å²) in [7, 11) is 0. The highest BCUT2D eigenvalue weighted by Crippen LogP contribution is 2.44. The first-order valence-corrected chi connectivity index (χ1v) is 11.8. The molecule has 0 spiro atoms. The number of rotatable bonds is 8. The predicted molar refractivity (Wildman–Crippen MR) is 128 cm³/mol. The maximum atomic E-state index is 12.6. The number of aromatic carboxylic acids is 1. The lowest BCUT2D eigenvalue weighted by Crippen LogP contribution is -2.46. The van der Waals surface area contributed by atoms with E-state index in [1.54, 1.807) is 13.8 Å². The molecule has 1 aromatic heterocycles. The normalized spacial score (nSPS) is 13.0. The zero-order valence-electron chi connectivity index (χ0n) is 18.8. The number of hydrogen-bond acceptors (Lipinski definition) is 6. The molecule has 0 aliphatic heterocycles. The minimum atomic E-state index is -1.10. The fourth-order valence-corrected chi connectivity index (χ4v) is 5.01. The molecule has 0 fully saturated rings. The third-order valence-electron chi connectivity index (χ3n) is 5.82. The van der Waals surface area contributed by atoms with Gasteiger partial charge in [-0.2, -0.15) is 0 Å². The molecule has 9 heteroatoms. The van der Waals surface area contributed by atoms with Gasteiger partial charge in [0.1, 0.15) is 17.7 Å². The zero-order chi connectivity index (χ0) is 24.2. The minimum Gasteiger partial charge on any atom is -0.476 e. The van der Waals surface area contributed by atoms with Crippen molar-refractivity contribution in [2.75, 3.05) is 6.61 Å². The first-order valence-electron chi connectivity index (χ1n) is 11.0. The van der Waals surface area contributed by atoms with Crippen molar-refractivity contribution in [2.24, 2.45) is 0 Å². The van der Waals surface area contributed by atoms with Crippen LogP contribution < -0.4 is 10.6 Å². The molecular formula is C25H25N3O5S. The van der Waals surface area contributed by atoms with Gasteiger partial charge in [0.2, 0.25) is 5.91 Å². The molecule has 1 unspecified atom stereocenters. The predicted octanol–water partition coefficient (Wildman–Crippen LogP) is 4.08. The first kappa shape index (κ1) is 23.4. The molecule has 34 heavy (non-hydrogen) atoms. The van der Waals surface area contributed by atoms with Crippen molar-refractivity contribution in [1.82, 2.24) is 15.6 Å². The summed E-state index contributed by atoms with van der Waals surface area (Å²) < 4.78 is 5.52. The smallest absolute Gasteiger partial charge is 0.407 e. The number of carbonyl (C=O) groups excluding carboxylic acids is 2. The lowest BCUT2D eigenvalue weighted by molar-refractivity contribution is -0.123. The Morgan fingerprint density at radius 2 is 1.71 bits per heavy atom.